The van der Waals surface area contributed by atoms with Crippen LogP contribution in [-0.4, -0.2) is 23.0 Å². The van der Waals surface area contributed by atoms with Crippen molar-refractivity contribution in [2.45, 2.75) is 13.8 Å². The summed E-state index contributed by atoms with van der Waals surface area (Å²) in [5.74, 6) is -0.682. The molecule has 0 heterocycles. The summed E-state index contributed by atoms with van der Waals surface area (Å²) in [5.41, 5.74) is 3.75. The van der Waals surface area contributed by atoms with E-state index in [-0.39, 0.29) is 17.5 Å². The molecule has 0 aliphatic heterocycles. The topological polar surface area (TPSA) is 114 Å². The SMILES string of the molecule is CC(C)C(=O)Nc1ccc(C(=O)NN=Cc2cccc([N+](=O)[O-])c2)cc1. The summed E-state index contributed by atoms with van der Waals surface area (Å²) >= 11 is 0. The van der Waals surface area contributed by atoms with Crippen LogP contribution in [0.15, 0.2) is 53.6 Å². The van der Waals surface area contributed by atoms with Gasteiger partial charge in [-0.15, -0.1) is 0 Å². The molecule has 0 aromatic heterocycles. The van der Waals surface area contributed by atoms with Gasteiger partial charge in [-0.2, -0.15) is 5.10 Å². The first kappa shape index (κ1) is 18.8. The van der Waals surface area contributed by atoms with Crippen molar-refractivity contribution >= 4 is 29.4 Å². The molecule has 8 heteroatoms. The molecule has 2 aromatic carbocycles. The predicted octanol–water partition coefficient (Wildman–Crippen LogP) is 2.95. The molecule has 134 valence electrons. The van der Waals surface area contributed by atoms with Gasteiger partial charge in [-0.05, 0) is 24.3 Å². The molecule has 0 radical (unpaired) electrons. The Morgan fingerprint density at radius 3 is 2.46 bits per heavy atom. The van der Waals surface area contributed by atoms with Gasteiger partial charge in [-0.3, -0.25) is 19.7 Å². The number of nitro groups is 1. The highest BCUT2D eigenvalue weighted by molar-refractivity contribution is 5.96. The fraction of sp³-hybridized carbons (Fsp3) is 0.167. The van der Waals surface area contributed by atoms with E-state index in [2.05, 4.69) is 15.8 Å². The van der Waals surface area contributed by atoms with E-state index in [0.717, 1.165) is 0 Å². The minimum absolute atomic E-state index is 0.0562. The third-order valence-electron chi connectivity index (χ3n) is 3.40. The van der Waals surface area contributed by atoms with Gasteiger partial charge in [0.2, 0.25) is 5.91 Å². The van der Waals surface area contributed by atoms with E-state index >= 15 is 0 Å². The zero-order valence-corrected chi connectivity index (χ0v) is 14.3. The number of hydrazone groups is 1. The normalized spacial score (nSPS) is 10.7. The van der Waals surface area contributed by atoms with Crippen LogP contribution < -0.4 is 10.7 Å². The number of amides is 2. The summed E-state index contributed by atoms with van der Waals surface area (Å²) in [7, 11) is 0. The van der Waals surface area contributed by atoms with Crippen LogP contribution in [-0.2, 0) is 4.79 Å². The van der Waals surface area contributed by atoms with E-state index in [1.54, 1.807) is 44.2 Å². The van der Waals surface area contributed by atoms with E-state index in [1.807, 2.05) is 0 Å². The predicted molar refractivity (Wildman–Crippen MR) is 98.1 cm³/mol. The van der Waals surface area contributed by atoms with E-state index in [4.69, 9.17) is 0 Å². The molecule has 0 aliphatic carbocycles. The lowest BCUT2D eigenvalue weighted by molar-refractivity contribution is -0.384. The number of nitrogens with zero attached hydrogens (tertiary/aromatic N) is 2. The molecule has 2 N–H and O–H groups in total. The first-order valence-electron chi connectivity index (χ1n) is 7.85. The van der Waals surface area contributed by atoms with Crippen LogP contribution in [0, 0.1) is 16.0 Å². The summed E-state index contributed by atoms with van der Waals surface area (Å²) in [6, 6.07) is 12.3. The summed E-state index contributed by atoms with van der Waals surface area (Å²) < 4.78 is 0. The van der Waals surface area contributed by atoms with E-state index in [1.165, 1.54) is 24.4 Å². The third-order valence-corrected chi connectivity index (χ3v) is 3.40. The number of hydrogen-bond donors (Lipinski definition) is 2. The number of nitro benzene ring substituents is 1. The molecule has 0 aliphatic rings. The van der Waals surface area contributed by atoms with Crippen LogP contribution in [0.2, 0.25) is 0 Å². The maximum atomic E-state index is 12.0. The summed E-state index contributed by atoms with van der Waals surface area (Å²) in [4.78, 5) is 33.9. The van der Waals surface area contributed by atoms with Gasteiger partial charge in [-0.25, -0.2) is 5.43 Å². The van der Waals surface area contributed by atoms with Crippen molar-refractivity contribution in [2.75, 3.05) is 5.32 Å². The summed E-state index contributed by atoms with van der Waals surface area (Å²) in [5, 5.41) is 17.2. The van der Waals surface area contributed by atoms with Crippen LogP contribution in [0.5, 0.6) is 0 Å². The smallest absolute Gasteiger partial charge is 0.271 e. The number of anilines is 1. The highest BCUT2D eigenvalue weighted by Crippen LogP contribution is 2.12. The molecule has 0 saturated heterocycles. The molecule has 0 atom stereocenters. The molecule has 0 unspecified atom stereocenters. The number of non-ortho nitro benzene ring substituents is 1. The molecule has 26 heavy (non-hydrogen) atoms. The Bertz CT molecular complexity index is 845. The molecule has 0 saturated carbocycles. The fourth-order valence-corrected chi connectivity index (χ4v) is 1.94. The van der Waals surface area contributed by atoms with Crippen molar-refractivity contribution in [2.24, 2.45) is 11.0 Å². The highest BCUT2D eigenvalue weighted by Gasteiger charge is 2.09. The first-order valence-corrected chi connectivity index (χ1v) is 7.85. The molecule has 2 aromatic rings. The molecular weight excluding hydrogens is 336 g/mol. The van der Waals surface area contributed by atoms with Crippen molar-refractivity contribution in [1.29, 1.82) is 0 Å². The number of carbonyl (C=O) groups excluding carboxylic acids is 2. The van der Waals surface area contributed by atoms with Crippen LogP contribution >= 0.6 is 0 Å². The zero-order valence-electron chi connectivity index (χ0n) is 14.3. The lowest BCUT2D eigenvalue weighted by Crippen LogP contribution is -2.19. The van der Waals surface area contributed by atoms with Gasteiger partial charge in [0.05, 0.1) is 11.1 Å². The highest BCUT2D eigenvalue weighted by atomic mass is 16.6. The molecule has 8 nitrogen and oxygen atoms in total. The van der Waals surface area contributed by atoms with Crippen LogP contribution in [0.25, 0.3) is 0 Å². The minimum Gasteiger partial charge on any atom is -0.326 e. The lowest BCUT2D eigenvalue weighted by Gasteiger charge is -2.08. The number of hydrogen-bond acceptors (Lipinski definition) is 5. The van der Waals surface area contributed by atoms with Gasteiger partial charge in [0, 0.05) is 34.9 Å². The maximum Gasteiger partial charge on any atom is 0.271 e. The summed E-state index contributed by atoms with van der Waals surface area (Å²) in [6.07, 6.45) is 1.32. The van der Waals surface area contributed by atoms with E-state index in [0.29, 0.717) is 16.8 Å². The van der Waals surface area contributed by atoms with Gasteiger partial charge in [0.1, 0.15) is 0 Å². The molecular formula is C18H18N4O4. The van der Waals surface area contributed by atoms with Gasteiger partial charge in [0.25, 0.3) is 11.6 Å². The van der Waals surface area contributed by atoms with E-state index in [9.17, 15) is 19.7 Å². The second kappa shape index (κ2) is 8.52. The van der Waals surface area contributed by atoms with Gasteiger partial charge in [-0.1, -0.05) is 26.0 Å². The van der Waals surface area contributed by atoms with Crippen LogP contribution in [0.3, 0.4) is 0 Å². The number of rotatable bonds is 6. The largest absolute Gasteiger partial charge is 0.326 e. The Morgan fingerprint density at radius 2 is 1.85 bits per heavy atom. The molecule has 2 rings (SSSR count). The second-order valence-electron chi connectivity index (χ2n) is 5.77. The Morgan fingerprint density at radius 1 is 1.15 bits per heavy atom. The average molecular weight is 354 g/mol. The quantitative estimate of drug-likeness (QED) is 0.471. The maximum absolute atomic E-state index is 12.0. The van der Waals surface area contributed by atoms with Crippen molar-refractivity contribution < 1.29 is 14.5 Å². The van der Waals surface area contributed by atoms with Crippen molar-refractivity contribution in [3.8, 4) is 0 Å². The number of carbonyl (C=O) groups is 2. The van der Waals surface area contributed by atoms with Gasteiger partial charge in [0.15, 0.2) is 0 Å². The van der Waals surface area contributed by atoms with Crippen LogP contribution in [0.4, 0.5) is 11.4 Å². The number of benzene rings is 2. The second-order valence-corrected chi connectivity index (χ2v) is 5.77. The van der Waals surface area contributed by atoms with Gasteiger partial charge < -0.3 is 5.32 Å². The molecule has 0 bridgehead atoms. The number of nitrogens with one attached hydrogen (secondary N) is 2. The Labute approximate surface area is 150 Å². The molecule has 0 fully saturated rings. The Hall–Kier alpha value is -3.55. The molecule has 0 spiro atoms. The van der Waals surface area contributed by atoms with Crippen molar-refractivity contribution in [3.63, 3.8) is 0 Å². The standard InChI is InChI=1S/C18H18N4O4/c1-12(2)17(23)20-15-8-6-14(7-9-15)18(24)21-19-11-13-4-3-5-16(10-13)22(25)26/h3-12H,1-2H3,(H,20,23)(H,21,24). The molecule has 2 amide bonds. The van der Waals surface area contributed by atoms with Crippen LogP contribution in [0.1, 0.15) is 29.8 Å². The third kappa shape index (κ3) is 5.23. The van der Waals surface area contributed by atoms with Gasteiger partial charge >= 0.3 is 0 Å². The Kier molecular flexibility index (Phi) is 6.15. The zero-order chi connectivity index (χ0) is 19.1. The lowest BCUT2D eigenvalue weighted by atomic mass is 10.1. The van der Waals surface area contributed by atoms with Crippen molar-refractivity contribution in [3.05, 3.63) is 69.8 Å². The minimum atomic E-state index is -0.504. The fourth-order valence-electron chi connectivity index (χ4n) is 1.94. The first-order chi connectivity index (χ1) is 12.4. The summed E-state index contributed by atoms with van der Waals surface area (Å²) in [6.45, 7) is 3.58. The Balaban J connectivity index is 1.96. The van der Waals surface area contributed by atoms with E-state index < -0.39 is 10.8 Å². The van der Waals surface area contributed by atoms with Crippen molar-refractivity contribution in [1.82, 2.24) is 5.43 Å². The monoisotopic (exact) mass is 354 g/mol. The average Bonchev–Trinajstić information content (AvgIpc) is 2.62.